The van der Waals surface area contributed by atoms with Crippen molar-refractivity contribution >= 4 is 15.7 Å². The Kier molecular flexibility index (Phi) is 8.29. The van der Waals surface area contributed by atoms with E-state index in [-0.39, 0.29) is 10.6 Å². The number of hydrogen-bond donors (Lipinski definition) is 3. The average molecular weight is 406 g/mol. The van der Waals surface area contributed by atoms with Crippen LogP contribution in [-0.4, -0.2) is 21.0 Å². The number of anilines is 1. The molecule has 0 spiro atoms. The maximum absolute atomic E-state index is 12.3. The largest absolute Gasteiger partial charge is 0.454 e. The molecule has 28 heavy (non-hydrogen) atoms. The second-order valence-corrected chi connectivity index (χ2v) is 8.43. The smallest absolute Gasteiger partial charge is 0.241 e. The second kappa shape index (κ2) is 10.5. The summed E-state index contributed by atoms with van der Waals surface area (Å²) in [5, 5.41) is 12.2. The van der Waals surface area contributed by atoms with Crippen LogP contribution in [0, 0.1) is 0 Å². The molecular weight excluding hydrogens is 374 g/mol. The number of benzene rings is 2. The molecule has 2 aromatic rings. The molecule has 154 valence electrons. The van der Waals surface area contributed by atoms with Gasteiger partial charge in [-0.25, -0.2) is 13.6 Å². The van der Waals surface area contributed by atoms with Gasteiger partial charge in [0.15, 0.2) is 5.75 Å². The van der Waals surface area contributed by atoms with E-state index in [1.54, 1.807) is 18.2 Å². The lowest BCUT2D eigenvalue weighted by atomic mass is 10.1. The van der Waals surface area contributed by atoms with Gasteiger partial charge in [-0.2, -0.15) is 0 Å². The SMILES string of the molecule is CCCCNc1cc(CNC(C)CC)cc(S(N)(=O)=O)c1Oc1ccccc1. The van der Waals surface area contributed by atoms with Crippen molar-refractivity contribution in [3.63, 3.8) is 0 Å². The maximum atomic E-state index is 12.3. The minimum absolute atomic E-state index is 0.0150. The van der Waals surface area contributed by atoms with E-state index in [1.807, 2.05) is 24.3 Å². The number of nitrogens with two attached hydrogens (primary N) is 1. The second-order valence-electron chi connectivity index (χ2n) is 6.90. The molecule has 2 rings (SSSR count). The normalized spacial score (nSPS) is 12.6. The molecule has 0 saturated carbocycles. The standard InChI is InChI=1S/C21H31N3O3S/c1-4-6-12-23-19-13-17(15-24-16(3)5-2)14-20(28(22,25)26)21(19)27-18-10-8-7-9-11-18/h7-11,13-14,16,23-24H,4-6,12,15H2,1-3H3,(H2,22,25,26). The summed E-state index contributed by atoms with van der Waals surface area (Å²) in [5.74, 6) is 0.786. The van der Waals surface area contributed by atoms with Gasteiger partial charge in [-0.3, -0.25) is 0 Å². The lowest BCUT2D eigenvalue weighted by Crippen LogP contribution is -2.25. The Balaban J connectivity index is 2.47. The van der Waals surface area contributed by atoms with Crippen LogP contribution in [0.5, 0.6) is 11.5 Å². The number of para-hydroxylation sites is 1. The molecule has 7 heteroatoms. The first-order chi connectivity index (χ1) is 13.3. The molecule has 2 aromatic carbocycles. The topological polar surface area (TPSA) is 93.5 Å². The molecule has 1 unspecified atom stereocenters. The average Bonchev–Trinajstić information content (AvgIpc) is 2.67. The summed E-state index contributed by atoms with van der Waals surface area (Å²) in [6, 6.07) is 12.9. The van der Waals surface area contributed by atoms with Crippen LogP contribution in [0.1, 0.15) is 45.6 Å². The minimum atomic E-state index is -3.97. The highest BCUT2D eigenvalue weighted by Crippen LogP contribution is 2.37. The Morgan fingerprint density at radius 1 is 1.14 bits per heavy atom. The maximum Gasteiger partial charge on any atom is 0.241 e. The monoisotopic (exact) mass is 405 g/mol. The van der Waals surface area contributed by atoms with Crippen molar-refractivity contribution in [2.75, 3.05) is 11.9 Å². The Morgan fingerprint density at radius 2 is 1.86 bits per heavy atom. The molecule has 0 amide bonds. The fraction of sp³-hybridized carbons (Fsp3) is 0.429. The van der Waals surface area contributed by atoms with Crippen molar-refractivity contribution < 1.29 is 13.2 Å². The van der Waals surface area contributed by atoms with Gasteiger partial charge in [-0.1, -0.05) is 38.5 Å². The van der Waals surface area contributed by atoms with Crippen LogP contribution in [0.4, 0.5) is 5.69 Å². The lowest BCUT2D eigenvalue weighted by molar-refractivity contribution is 0.468. The van der Waals surface area contributed by atoms with E-state index >= 15 is 0 Å². The Hall–Kier alpha value is -2.09. The summed E-state index contributed by atoms with van der Waals surface area (Å²) in [4.78, 5) is -0.0150. The van der Waals surface area contributed by atoms with Crippen LogP contribution in [0.3, 0.4) is 0 Å². The minimum Gasteiger partial charge on any atom is -0.454 e. The van der Waals surface area contributed by atoms with Gasteiger partial charge < -0.3 is 15.4 Å². The molecule has 0 fully saturated rings. The zero-order valence-corrected chi connectivity index (χ0v) is 17.7. The molecular formula is C21H31N3O3S. The fourth-order valence-electron chi connectivity index (χ4n) is 2.65. The van der Waals surface area contributed by atoms with E-state index in [0.29, 0.717) is 30.6 Å². The fourth-order valence-corrected chi connectivity index (χ4v) is 3.38. The highest BCUT2D eigenvalue weighted by Gasteiger charge is 2.21. The zero-order valence-electron chi connectivity index (χ0n) is 16.9. The van der Waals surface area contributed by atoms with Crippen LogP contribution in [0.2, 0.25) is 0 Å². The van der Waals surface area contributed by atoms with Gasteiger partial charge in [0.05, 0.1) is 5.69 Å². The number of rotatable bonds is 11. The van der Waals surface area contributed by atoms with Crippen LogP contribution < -0.4 is 20.5 Å². The molecule has 4 N–H and O–H groups in total. The molecule has 6 nitrogen and oxygen atoms in total. The van der Waals surface area contributed by atoms with Crippen molar-refractivity contribution in [3.05, 3.63) is 48.0 Å². The summed E-state index contributed by atoms with van der Waals surface area (Å²) in [5.41, 5.74) is 1.47. The molecule has 0 aliphatic carbocycles. The molecule has 0 saturated heterocycles. The summed E-state index contributed by atoms with van der Waals surface area (Å²) in [7, 11) is -3.97. The number of ether oxygens (including phenoxy) is 1. The number of sulfonamides is 1. The molecule has 0 aliphatic heterocycles. The van der Waals surface area contributed by atoms with Crippen LogP contribution in [0.15, 0.2) is 47.4 Å². The van der Waals surface area contributed by atoms with Crippen molar-refractivity contribution in [2.24, 2.45) is 5.14 Å². The van der Waals surface area contributed by atoms with Crippen molar-refractivity contribution in [2.45, 2.75) is 57.5 Å². The van der Waals surface area contributed by atoms with E-state index in [0.717, 1.165) is 24.8 Å². The van der Waals surface area contributed by atoms with Crippen LogP contribution >= 0.6 is 0 Å². The number of primary sulfonamides is 1. The summed E-state index contributed by atoms with van der Waals surface area (Å²) < 4.78 is 30.6. The summed E-state index contributed by atoms with van der Waals surface area (Å²) in [6.45, 7) is 7.56. The van der Waals surface area contributed by atoms with Crippen molar-refractivity contribution in [1.82, 2.24) is 5.32 Å². The molecule has 0 aliphatic rings. The molecule has 0 heterocycles. The number of hydrogen-bond acceptors (Lipinski definition) is 5. The lowest BCUT2D eigenvalue weighted by Gasteiger charge is -2.19. The highest BCUT2D eigenvalue weighted by molar-refractivity contribution is 7.89. The number of nitrogens with one attached hydrogen (secondary N) is 2. The zero-order chi connectivity index (χ0) is 20.6. The summed E-state index contributed by atoms with van der Waals surface area (Å²) in [6.07, 6.45) is 2.98. The Morgan fingerprint density at radius 3 is 2.46 bits per heavy atom. The molecule has 1 atom stereocenters. The first-order valence-electron chi connectivity index (χ1n) is 9.75. The highest BCUT2D eigenvalue weighted by atomic mass is 32.2. The van der Waals surface area contributed by atoms with E-state index < -0.39 is 10.0 Å². The van der Waals surface area contributed by atoms with Crippen molar-refractivity contribution in [1.29, 1.82) is 0 Å². The molecule has 0 bridgehead atoms. The predicted molar refractivity (Wildman–Crippen MR) is 114 cm³/mol. The van der Waals surface area contributed by atoms with E-state index in [4.69, 9.17) is 9.88 Å². The third kappa shape index (κ3) is 6.51. The molecule has 0 radical (unpaired) electrons. The van der Waals surface area contributed by atoms with Crippen LogP contribution in [0.25, 0.3) is 0 Å². The third-order valence-electron chi connectivity index (χ3n) is 4.50. The Labute approximate surface area is 168 Å². The van der Waals surface area contributed by atoms with Gasteiger partial charge in [0.25, 0.3) is 0 Å². The van der Waals surface area contributed by atoms with E-state index in [1.165, 1.54) is 0 Å². The number of unbranched alkanes of at least 4 members (excludes halogenated alkanes) is 1. The van der Waals surface area contributed by atoms with E-state index in [2.05, 4.69) is 31.4 Å². The van der Waals surface area contributed by atoms with Crippen molar-refractivity contribution in [3.8, 4) is 11.5 Å². The third-order valence-corrected chi connectivity index (χ3v) is 5.41. The van der Waals surface area contributed by atoms with Gasteiger partial charge in [-0.15, -0.1) is 0 Å². The predicted octanol–water partition coefficient (Wildman–Crippen LogP) is 4.23. The van der Waals surface area contributed by atoms with Gasteiger partial charge in [0.1, 0.15) is 10.6 Å². The van der Waals surface area contributed by atoms with Gasteiger partial charge >= 0.3 is 0 Å². The quantitative estimate of drug-likeness (QED) is 0.487. The summed E-state index contributed by atoms with van der Waals surface area (Å²) >= 11 is 0. The van der Waals surface area contributed by atoms with Crippen LogP contribution in [-0.2, 0) is 16.6 Å². The molecule has 0 aromatic heterocycles. The van der Waals surface area contributed by atoms with E-state index in [9.17, 15) is 8.42 Å². The van der Waals surface area contributed by atoms with Gasteiger partial charge in [0.2, 0.25) is 10.0 Å². The van der Waals surface area contributed by atoms with Gasteiger partial charge in [-0.05, 0) is 49.6 Å². The Bertz CT molecular complexity index is 855. The van der Waals surface area contributed by atoms with Gasteiger partial charge in [0, 0.05) is 19.1 Å². The first kappa shape index (κ1) is 22.2. The first-order valence-corrected chi connectivity index (χ1v) is 11.3.